The number of nitrogens with one attached hydrogen (secondary N) is 2. The molecule has 2 N–H and O–H groups in total. The van der Waals surface area contributed by atoms with Crippen LogP contribution in [0.25, 0.3) is 10.9 Å². The second-order valence-electron chi connectivity index (χ2n) is 4.24. The third-order valence-electron chi connectivity index (χ3n) is 3.00. The largest absolute Gasteiger partial charge is 0.379 e. The number of anilines is 1. The second-order valence-corrected chi connectivity index (χ2v) is 4.24. The molecule has 0 aliphatic carbocycles. The minimum Gasteiger partial charge on any atom is -0.379 e. The van der Waals surface area contributed by atoms with E-state index < -0.39 is 0 Å². The smallest absolute Gasteiger partial charge is 0.0925 e. The van der Waals surface area contributed by atoms with E-state index in [1.54, 1.807) is 6.33 Å². The normalized spacial score (nSPS) is 10.7. The molecule has 1 aromatic carbocycles. The van der Waals surface area contributed by atoms with E-state index >= 15 is 0 Å². The van der Waals surface area contributed by atoms with E-state index in [0.717, 1.165) is 34.5 Å². The molecule has 4 heteroatoms. The molecule has 18 heavy (non-hydrogen) atoms. The molecule has 2 aromatic heterocycles. The summed E-state index contributed by atoms with van der Waals surface area (Å²) in [7, 11) is 0. The summed E-state index contributed by atoms with van der Waals surface area (Å²) in [6.45, 7) is 2.75. The van der Waals surface area contributed by atoms with E-state index in [9.17, 15) is 0 Å². The average Bonchev–Trinajstić information content (AvgIpc) is 2.82. The van der Waals surface area contributed by atoms with Gasteiger partial charge >= 0.3 is 0 Å². The van der Waals surface area contributed by atoms with Gasteiger partial charge in [-0.2, -0.15) is 0 Å². The quantitative estimate of drug-likeness (QED) is 0.737. The summed E-state index contributed by atoms with van der Waals surface area (Å²) in [4.78, 5) is 11.6. The van der Waals surface area contributed by atoms with Gasteiger partial charge in [0.25, 0.3) is 0 Å². The van der Waals surface area contributed by atoms with Crippen LogP contribution in [0.15, 0.2) is 42.9 Å². The topological polar surface area (TPSA) is 53.6 Å². The number of nitrogens with zero attached hydrogens (tertiary/aromatic N) is 2. The van der Waals surface area contributed by atoms with Gasteiger partial charge in [-0.3, -0.25) is 4.98 Å². The van der Waals surface area contributed by atoms with Gasteiger partial charge in [-0.05, 0) is 31.2 Å². The molecule has 0 saturated heterocycles. The Labute approximate surface area is 105 Å². The Kier molecular flexibility index (Phi) is 2.68. The van der Waals surface area contributed by atoms with Crippen LogP contribution in [0.2, 0.25) is 0 Å². The molecule has 0 amide bonds. The highest BCUT2D eigenvalue weighted by Crippen LogP contribution is 2.17. The van der Waals surface area contributed by atoms with Crippen molar-refractivity contribution in [3.8, 4) is 0 Å². The van der Waals surface area contributed by atoms with Crippen LogP contribution in [0.4, 0.5) is 5.69 Å². The van der Waals surface area contributed by atoms with Crippen molar-refractivity contribution in [3.63, 3.8) is 0 Å². The molecule has 0 bridgehead atoms. The molecule has 0 fully saturated rings. The third-order valence-corrected chi connectivity index (χ3v) is 3.00. The first-order valence-electron chi connectivity index (χ1n) is 5.90. The maximum atomic E-state index is 4.30. The predicted molar refractivity (Wildman–Crippen MR) is 72.4 cm³/mol. The molecule has 3 aromatic rings. The van der Waals surface area contributed by atoms with Crippen molar-refractivity contribution in [2.24, 2.45) is 0 Å². The number of aromatic amines is 1. The predicted octanol–water partition coefficient (Wildman–Crippen LogP) is 2.88. The highest BCUT2D eigenvalue weighted by atomic mass is 14.9. The number of benzene rings is 1. The van der Waals surface area contributed by atoms with Gasteiger partial charge in [-0.25, -0.2) is 4.98 Å². The van der Waals surface area contributed by atoms with Crippen molar-refractivity contribution in [3.05, 3.63) is 54.2 Å². The highest BCUT2D eigenvalue weighted by molar-refractivity contribution is 5.82. The standard InChI is InChI=1S/C14H14N4/c1-10-14(18-9-17-10)8-16-12-4-5-13-11(7-12)3-2-6-15-13/h2-7,9,16H,8H2,1H3,(H,17,18). The Morgan fingerprint density at radius 3 is 3.00 bits per heavy atom. The molecule has 2 heterocycles. The SMILES string of the molecule is Cc1[nH]cnc1CNc1ccc2ncccc2c1. The summed E-state index contributed by atoms with van der Waals surface area (Å²) in [5.74, 6) is 0. The fourth-order valence-electron chi connectivity index (χ4n) is 1.94. The van der Waals surface area contributed by atoms with Crippen LogP contribution in [0.1, 0.15) is 11.4 Å². The first-order chi connectivity index (χ1) is 8.83. The number of aromatic nitrogens is 3. The lowest BCUT2D eigenvalue weighted by atomic mass is 10.2. The summed E-state index contributed by atoms with van der Waals surface area (Å²) in [5, 5.41) is 4.51. The summed E-state index contributed by atoms with van der Waals surface area (Å²) in [6, 6.07) is 10.2. The number of fused-ring (bicyclic) bond motifs is 1. The fraction of sp³-hybridized carbons (Fsp3) is 0.143. The Balaban J connectivity index is 1.81. The zero-order valence-corrected chi connectivity index (χ0v) is 10.1. The Bertz CT molecular complexity index is 672. The molecule has 90 valence electrons. The van der Waals surface area contributed by atoms with Crippen molar-refractivity contribution >= 4 is 16.6 Å². The Hall–Kier alpha value is -2.36. The van der Waals surface area contributed by atoms with Crippen LogP contribution < -0.4 is 5.32 Å². The first kappa shape index (κ1) is 10.8. The van der Waals surface area contributed by atoms with Gasteiger partial charge in [0.15, 0.2) is 0 Å². The van der Waals surface area contributed by atoms with Gasteiger partial charge in [0.2, 0.25) is 0 Å². The number of rotatable bonds is 3. The van der Waals surface area contributed by atoms with E-state index in [1.165, 1.54) is 0 Å². The minimum atomic E-state index is 0.723. The summed E-state index contributed by atoms with van der Waals surface area (Å²) < 4.78 is 0. The van der Waals surface area contributed by atoms with Crippen LogP contribution in [-0.4, -0.2) is 15.0 Å². The summed E-state index contributed by atoms with van der Waals surface area (Å²) in [5.41, 5.74) is 4.24. The lowest BCUT2D eigenvalue weighted by Crippen LogP contribution is -2.01. The molecule has 0 aliphatic rings. The van der Waals surface area contributed by atoms with Crippen molar-refractivity contribution in [2.45, 2.75) is 13.5 Å². The summed E-state index contributed by atoms with van der Waals surface area (Å²) >= 11 is 0. The van der Waals surface area contributed by atoms with Gasteiger partial charge in [0.05, 0.1) is 24.1 Å². The van der Waals surface area contributed by atoms with E-state index in [0.29, 0.717) is 0 Å². The molecule has 0 spiro atoms. The van der Waals surface area contributed by atoms with E-state index in [-0.39, 0.29) is 0 Å². The van der Waals surface area contributed by atoms with Crippen LogP contribution in [-0.2, 0) is 6.54 Å². The van der Waals surface area contributed by atoms with Gasteiger partial charge < -0.3 is 10.3 Å². The van der Waals surface area contributed by atoms with Gasteiger partial charge in [0.1, 0.15) is 0 Å². The molecule has 4 nitrogen and oxygen atoms in total. The van der Waals surface area contributed by atoms with E-state index in [2.05, 4.69) is 32.4 Å². The molecular formula is C14H14N4. The van der Waals surface area contributed by atoms with Crippen molar-refractivity contribution < 1.29 is 0 Å². The minimum absolute atomic E-state index is 0.723. The van der Waals surface area contributed by atoms with Crippen molar-refractivity contribution in [1.29, 1.82) is 0 Å². The molecular weight excluding hydrogens is 224 g/mol. The number of H-pyrrole nitrogens is 1. The highest BCUT2D eigenvalue weighted by Gasteiger charge is 2.01. The van der Waals surface area contributed by atoms with Crippen molar-refractivity contribution in [2.75, 3.05) is 5.32 Å². The molecule has 0 unspecified atom stereocenters. The summed E-state index contributed by atoms with van der Waals surface area (Å²) in [6.07, 6.45) is 3.53. The zero-order valence-electron chi connectivity index (χ0n) is 10.1. The molecule has 3 rings (SSSR count). The van der Waals surface area contributed by atoms with Gasteiger partial charge in [-0.15, -0.1) is 0 Å². The van der Waals surface area contributed by atoms with Crippen LogP contribution in [0.3, 0.4) is 0 Å². The fourth-order valence-corrected chi connectivity index (χ4v) is 1.94. The maximum absolute atomic E-state index is 4.30. The molecule has 0 atom stereocenters. The van der Waals surface area contributed by atoms with Gasteiger partial charge in [0, 0.05) is 23.0 Å². The van der Waals surface area contributed by atoms with Crippen LogP contribution in [0, 0.1) is 6.92 Å². The lowest BCUT2D eigenvalue weighted by Gasteiger charge is -2.06. The van der Waals surface area contributed by atoms with E-state index in [4.69, 9.17) is 0 Å². The first-order valence-corrected chi connectivity index (χ1v) is 5.90. The third kappa shape index (κ3) is 2.05. The van der Waals surface area contributed by atoms with Gasteiger partial charge in [-0.1, -0.05) is 6.07 Å². The number of hydrogen-bond acceptors (Lipinski definition) is 3. The van der Waals surface area contributed by atoms with Crippen molar-refractivity contribution in [1.82, 2.24) is 15.0 Å². The number of aryl methyl sites for hydroxylation is 1. The zero-order chi connectivity index (χ0) is 12.4. The number of pyridine rings is 1. The lowest BCUT2D eigenvalue weighted by molar-refractivity contribution is 1.05. The average molecular weight is 238 g/mol. The second kappa shape index (κ2) is 4.49. The number of imidazole rings is 1. The van der Waals surface area contributed by atoms with Crippen LogP contribution in [0.5, 0.6) is 0 Å². The molecule has 0 saturated carbocycles. The Morgan fingerprint density at radius 2 is 2.17 bits per heavy atom. The molecule has 0 radical (unpaired) electrons. The Morgan fingerprint density at radius 1 is 1.22 bits per heavy atom. The monoisotopic (exact) mass is 238 g/mol. The maximum Gasteiger partial charge on any atom is 0.0925 e. The molecule has 0 aliphatic heterocycles. The number of hydrogen-bond donors (Lipinski definition) is 2. The van der Waals surface area contributed by atoms with Crippen LogP contribution >= 0.6 is 0 Å². The van der Waals surface area contributed by atoms with E-state index in [1.807, 2.05) is 31.3 Å².